The van der Waals surface area contributed by atoms with Crippen molar-refractivity contribution in [2.24, 2.45) is 0 Å². The summed E-state index contributed by atoms with van der Waals surface area (Å²) in [5.74, 6) is 0. The van der Waals surface area contributed by atoms with E-state index in [9.17, 15) is 0 Å². The van der Waals surface area contributed by atoms with E-state index >= 15 is 0 Å². The Bertz CT molecular complexity index is 441. The van der Waals surface area contributed by atoms with E-state index < -0.39 is 0 Å². The van der Waals surface area contributed by atoms with E-state index in [0.29, 0.717) is 6.04 Å². The number of aromatic nitrogens is 2. The van der Waals surface area contributed by atoms with Crippen LogP contribution < -0.4 is 5.32 Å². The molecule has 1 aromatic heterocycles. The van der Waals surface area contributed by atoms with Gasteiger partial charge in [-0.05, 0) is 70.2 Å². The molecule has 1 rings (SSSR count). The lowest BCUT2D eigenvalue weighted by molar-refractivity contribution is 0.107. The van der Waals surface area contributed by atoms with E-state index in [2.05, 4.69) is 84.6 Å². The number of nitrogens with zero attached hydrogens (tertiary/aromatic N) is 3. The third-order valence-electron chi connectivity index (χ3n) is 4.51. The highest BCUT2D eigenvalue weighted by Crippen LogP contribution is 2.37. The second kappa shape index (κ2) is 7.75. The largest absolute Gasteiger partial charge is 0.307 e. The monoisotopic (exact) mass is 358 g/mol. The van der Waals surface area contributed by atoms with Crippen LogP contribution in [0.15, 0.2) is 10.7 Å². The minimum atomic E-state index is 0.0321. The standard InChI is InChI=1S/C16H31BrN4/c1-8-10-18-15(16(5,9-2)20(6)7)14-13(17)11-19-21(14)12(3)4/h11-12,15,18H,8-10H2,1-7H3. The molecule has 0 radical (unpaired) electrons. The van der Waals surface area contributed by atoms with Crippen molar-refractivity contribution < 1.29 is 0 Å². The van der Waals surface area contributed by atoms with Gasteiger partial charge in [0.25, 0.3) is 0 Å². The van der Waals surface area contributed by atoms with Gasteiger partial charge in [-0.1, -0.05) is 13.8 Å². The SMILES string of the molecule is CCCNC(c1c(Br)cnn1C(C)C)C(C)(CC)N(C)C. The highest BCUT2D eigenvalue weighted by atomic mass is 79.9. The average molecular weight is 359 g/mol. The van der Waals surface area contributed by atoms with Gasteiger partial charge in [0, 0.05) is 11.6 Å². The summed E-state index contributed by atoms with van der Waals surface area (Å²) in [6.45, 7) is 12.1. The van der Waals surface area contributed by atoms with Gasteiger partial charge < -0.3 is 10.2 Å². The summed E-state index contributed by atoms with van der Waals surface area (Å²) in [4.78, 5) is 2.32. The second-order valence-corrected chi connectivity index (χ2v) is 7.26. The Morgan fingerprint density at radius 3 is 2.43 bits per heavy atom. The van der Waals surface area contributed by atoms with Crippen LogP contribution in [0.1, 0.15) is 65.2 Å². The lowest BCUT2D eigenvalue weighted by Gasteiger charge is -2.43. The van der Waals surface area contributed by atoms with Crippen LogP contribution in [0.2, 0.25) is 0 Å². The van der Waals surface area contributed by atoms with Gasteiger partial charge in [0.15, 0.2) is 0 Å². The molecule has 2 unspecified atom stereocenters. The number of likely N-dealkylation sites (N-methyl/N-ethyl adjacent to an activating group) is 1. The molecule has 0 spiro atoms. The first-order valence-electron chi connectivity index (χ1n) is 7.93. The van der Waals surface area contributed by atoms with Gasteiger partial charge in [-0.25, -0.2) is 0 Å². The van der Waals surface area contributed by atoms with Gasteiger partial charge in [-0.3, -0.25) is 4.68 Å². The zero-order chi connectivity index (χ0) is 16.2. The van der Waals surface area contributed by atoms with Gasteiger partial charge in [-0.15, -0.1) is 0 Å². The van der Waals surface area contributed by atoms with Crippen molar-refractivity contribution in [1.29, 1.82) is 0 Å². The number of halogens is 1. The maximum atomic E-state index is 4.56. The first-order chi connectivity index (χ1) is 9.79. The molecule has 122 valence electrons. The van der Waals surface area contributed by atoms with Gasteiger partial charge in [0.2, 0.25) is 0 Å². The predicted molar refractivity (Wildman–Crippen MR) is 93.7 cm³/mol. The lowest BCUT2D eigenvalue weighted by Crippen LogP contribution is -2.52. The predicted octanol–water partition coefficient (Wildman–Crippen LogP) is 4.00. The molecule has 1 heterocycles. The topological polar surface area (TPSA) is 33.1 Å². The summed E-state index contributed by atoms with van der Waals surface area (Å²) in [6, 6.07) is 0.581. The summed E-state index contributed by atoms with van der Waals surface area (Å²) in [7, 11) is 4.32. The van der Waals surface area contributed by atoms with E-state index in [1.807, 2.05) is 6.20 Å². The van der Waals surface area contributed by atoms with Crippen LogP contribution in [0.4, 0.5) is 0 Å². The summed E-state index contributed by atoms with van der Waals surface area (Å²) in [6.07, 6.45) is 4.11. The molecule has 5 heteroatoms. The minimum Gasteiger partial charge on any atom is -0.307 e. The number of nitrogens with one attached hydrogen (secondary N) is 1. The minimum absolute atomic E-state index is 0.0321. The van der Waals surface area contributed by atoms with Crippen LogP contribution in [0.5, 0.6) is 0 Å². The Morgan fingerprint density at radius 1 is 1.38 bits per heavy atom. The van der Waals surface area contributed by atoms with E-state index in [1.54, 1.807) is 0 Å². The summed E-state index contributed by atoms with van der Waals surface area (Å²) >= 11 is 3.71. The maximum absolute atomic E-state index is 4.56. The zero-order valence-electron chi connectivity index (χ0n) is 14.6. The van der Waals surface area contributed by atoms with Crippen molar-refractivity contribution >= 4 is 15.9 Å². The van der Waals surface area contributed by atoms with Crippen molar-refractivity contribution in [3.63, 3.8) is 0 Å². The van der Waals surface area contributed by atoms with E-state index in [-0.39, 0.29) is 11.6 Å². The van der Waals surface area contributed by atoms with Crippen LogP contribution in [-0.4, -0.2) is 40.9 Å². The van der Waals surface area contributed by atoms with Crippen molar-refractivity contribution in [2.75, 3.05) is 20.6 Å². The maximum Gasteiger partial charge on any atom is 0.0717 e. The highest BCUT2D eigenvalue weighted by Gasteiger charge is 2.38. The molecular weight excluding hydrogens is 328 g/mol. The zero-order valence-corrected chi connectivity index (χ0v) is 16.2. The number of rotatable bonds is 8. The smallest absolute Gasteiger partial charge is 0.0717 e. The molecule has 0 aliphatic carbocycles. The first kappa shape index (κ1) is 18.7. The fourth-order valence-corrected chi connectivity index (χ4v) is 3.21. The Morgan fingerprint density at radius 2 is 2.00 bits per heavy atom. The normalized spacial score (nSPS) is 16.5. The molecule has 0 fully saturated rings. The van der Waals surface area contributed by atoms with E-state index in [4.69, 9.17) is 0 Å². The molecule has 0 aliphatic rings. The third-order valence-corrected chi connectivity index (χ3v) is 5.12. The van der Waals surface area contributed by atoms with Crippen molar-refractivity contribution in [3.8, 4) is 0 Å². The van der Waals surface area contributed by atoms with Crippen molar-refractivity contribution in [1.82, 2.24) is 20.0 Å². The van der Waals surface area contributed by atoms with E-state index in [0.717, 1.165) is 23.9 Å². The van der Waals surface area contributed by atoms with Crippen LogP contribution >= 0.6 is 15.9 Å². The third kappa shape index (κ3) is 3.88. The Hall–Kier alpha value is -0.390. The molecule has 0 aliphatic heterocycles. The first-order valence-corrected chi connectivity index (χ1v) is 8.72. The molecular formula is C16H31BrN4. The van der Waals surface area contributed by atoms with E-state index in [1.165, 1.54) is 5.69 Å². The molecule has 0 bridgehead atoms. The molecule has 0 saturated heterocycles. The van der Waals surface area contributed by atoms with Crippen LogP contribution in [-0.2, 0) is 0 Å². The quantitative estimate of drug-likeness (QED) is 0.762. The van der Waals surface area contributed by atoms with Gasteiger partial charge in [-0.2, -0.15) is 5.10 Å². The fourth-order valence-electron chi connectivity index (χ4n) is 2.71. The number of hydrogen-bond donors (Lipinski definition) is 1. The van der Waals surface area contributed by atoms with Crippen molar-refractivity contribution in [3.05, 3.63) is 16.4 Å². The van der Waals surface area contributed by atoms with Crippen molar-refractivity contribution in [2.45, 2.75) is 65.1 Å². The van der Waals surface area contributed by atoms with Crippen LogP contribution in [0, 0.1) is 0 Å². The Kier molecular flexibility index (Phi) is 6.88. The molecule has 1 N–H and O–H groups in total. The second-order valence-electron chi connectivity index (χ2n) is 6.41. The Balaban J connectivity index is 3.35. The van der Waals surface area contributed by atoms with Crippen LogP contribution in [0.3, 0.4) is 0 Å². The molecule has 21 heavy (non-hydrogen) atoms. The molecule has 2 atom stereocenters. The molecule has 0 amide bonds. The molecule has 4 nitrogen and oxygen atoms in total. The van der Waals surface area contributed by atoms with Gasteiger partial charge in [0.1, 0.15) is 0 Å². The average Bonchev–Trinajstić information content (AvgIpc) is 2.80. The molecule has 0 saturated carbocycles. The van der Waals surface area contributed by atoms with Gasteiger partial charge in [0.05, 0.1) is 22.4 Å². The number of hydrogen-bond acceptors (Lipinski definition) is 3. The lowest BCUT2D eigenvalue weighted by atomic mass is 9.85. The summed E-state index contributed by atoms with van der Waals surface area (Å²) < 4.78 is 3.22. The van der Waals surface area contributed by atoms with Crippen LogP contribution in [0.25, 0.3) is 0 Å². The molecule has 1 aromatic rings. The Labute approximate surface area is 138 Å². The molecule has 0 aromatic carbocycles. The fraction of sp³-hybridized carbons (Fsp3) is 0.812. The summed E-state index contributed by atoms with van der Waals surface area (Å²) in [5, 5.41) is 8.31. The van der Waals surface area contributed by atoms with Gasteiger partial charge >= 0.3 is 0 Å². The highest BCUT2D eigenvalue weighted by molar-refractivity contribution is 9.10. The summed E-state index contributed by atoms with van der Waals surface area (Å²) in [5.41, 5.74) is 1.28.